The first-order valence-corrected chi connectivity index (χ1v) is 9.80. The Labute approximate surface area is 194 Å². The van der Waals surface area contributed by atoms with Gasteiger partial charge < -0.3 is 20.3 Å². The zero-order valence-corrected chi connectivity index (χ0v) is 18.7. The SMILES string of the molecule is [2H]C([2H])([2H])NC(=O)c1nnc(NC(=O)N(C)C(C)C)cc1Nc1nccc(-c2cnn(C)n2)c1OC. The molecule has 13 heteroatoms. The Morgan fingerprint density at radius 2 is 2.09 bits per heavy atom. The lowest BCUT2D eigenvalue weighted by Crippen LogP contribution is -2.36. The van der Waals surface area contributed by atoms with Crippen LogP contribution in [0, 0.1) is 0 Å². The fourth-order valence-corrected chi connectivity index (χ4v) is 2.75. The number of ether oxygens (including phenoxy) is 1. The van der Waals surface area contributed by atoms with E-state index in [9.17, 15) is 9.59 Å². The molecule has 0 aliphatic rings. The van der Waals surface area contributed by atoms with E-state index >= 15 is 0 Å². The van der Waals surface area contributed by atoms with Gasteiger partial charge in [-0.1, -0.05) is 0 Å². The zero-order valence-electron chi connectivity index (χ0n) is 21.7. The maximum atomic E-state index is 12.7. The minimum atomic E-state index is -2.76. The molecule has 0 radical (unpaired) electrons. The first-order chi connectivity index (χ1) is 16.9. The van der Waals surface area contributed by atoms with Gasteiger partial charge in [-0.2, -0.15) is 15.0 Å². The van der Waals surface area contributed by atoms with Crippen molar-refractivity contribution in [2.45, 2.75) is 19.9 Å². The molecule has 0 spiro atoms. The number of aryl methyl sites for hydroxylation is 1. The maximum Gasteiger partial charge on any atom is 0.323 e. The molecule has 0 unspecified atom stereocenters. The molecule has 3 amide bonds. The van der Waals surface area contributed by atoms with E-state index < -0.39 is 18.9 Å². The van der Waals surface area contributed by atoms with Crippen molar-refractivity contribution >= 4 is 29.3 Å². The van der Waals surface area contributed by atoms with E-state index in [4.69, 9.17) is 8.85 Å². The molecule has 3 heterocycles. The minimum Gasteiger partial charge on any atom is -0.492 e. The summed E-state index contributed by atoms with van der Waals surface area (Å²) in [6.45, 7) is 0.913. The van der Waals surface area contributed by atoms with Gasteiger partial charge in [-0.3, -0.25) is 10.1 Å². The van der Waals surface area contributed by atoms with E-state index in [1.54, 1.807) is 26.4 Å². The van der Waals surface area contributed by atoms with Crippen molar-refractivity contribution in [3.8, 4) is 17.0 Å². The van der Waals surface area contributed by atoms with Gasteiger partial charge in [-0.05, 0) is 19.9 Å². The number of nitrogens with zero attached hydrogens (tertiary/aromatic N) is 7. The molecule has 3 rings (SSSR count). The van der Waals surface area contributed by atoms with Gasteiger partial charge in [0.1, 0.15) is 5.69 Å². The van der Waals surface area contributed by atoms with Gasteiger partial charge in [0.25, 0.3) is 5.91 Å². The number of rotatable bonds is 7. The molecule has 0 aliphatic heterocycles. The van der Waals surface area contributed by atoms with Crippen molar-refractivity contribution in [1.82, 2.24) is 40.4 Å². The molecule has 0 saturated carbocycles. The van der Waals surface area contributed by atoms with Crippen LogP contribution in [-0.4, -0.2) is 74.2 Å². The molecule has 3 aromatic heterocycles. The van der Waals surface area contributed by atoms with Gasteiger partial charge in [-0.25, -0.2) is 9.78 Å². The summed E-state index contributed by atoms with van der Waals surface area (Å²) in [6.07, 6.45) is 3.04. The standard InChI is InChI=1S/C20H26N10O3/c1-11(2)29(4)20(32)25-15-9-13(16(27-26-15)19(31)21-3)24-18-17(33-6)12(7-8-22-18)14-10-23-30(5)28-14/h7-11H,1-6H3,(H,21,31)(H2,22,24,25,26,32)/i3D3. The highest BCUT2D eigenvalue weighted by atomic mass is 16.5. The summed E-state index contributed by atoms with van der Waals surface area (Å²) in [5, 5.41) is 23.4. The molecule has 13 nitrogen and oxygen atoms in total. The molecule has 0 aromatic carbocycles. The molecule has 33 heavy (non-hydrogen) atoms. The number of hydrogen-bond donors (Lipinski definition) is 3. The Bertz CT molecular complexity index is 1260. The summed E-state index contributed by atoms with van der Waals surface area (Å²) in [4.78, 5) is 32.2. The predicted molar refractivity (Wildman–Crippen MR) is 121 cm³/mol. The van der Waals surface area contributed by atoms with Crippen LogP contribution in [0.4, 0.5) is 22.1 Å². The van der Waals surface area contributed by atoms with Gasteiger partial charge in [-0.15, -0.1) is 10.2 Å². The Morgan fingerprint density at radius 3 is 2.73 bits per heavy atom. The number of aromatic nitrogens is 6. The highest BCUT2D eigenvalue weighted by Crippen LogP contribution is 2.35. The summed E-state index contributed by atoms with van der Waals surface area (Å²) in [6, 6.07) is 2.47. The minimum absolute atomic E-state index is 0.0180. The number of carbonyl (C=O) groups excluding carboxylic acids is 2. The quantitative estimate of drug-likeness (QED) is 0.481. The number of methoxy groups -OCH3 is 1. The molecule has 3 aromatic rings. The van der Waals surface area contributed by atoms with Crippen LogP contribution in [0.2, 0.25) is 0 Å². The van der Waals surface area contributed by atoms with Crippen LogP contribution in [0.15, 0.2) is 24.5 Å². The molecule has 0 atom stereocenters. The Kier molecular flexibility index (Phi) is 5.81. The van der Waals surface area contributed by atoms with Crippen LogP contribution in [0.25, 0.3) is 11.3 Å². The van der Waals surface area contributed by atoms with Crippen molar-refractivity contribution in [1.29, 1.82) is 0 Å². The summed E-state index contributed by atoms with van der Waals surface area (Å²) in [7, 11) is 4.71. The number of pyridine rings is 1. The second kappa shape index (κ2) is 9.89. The van der Waals surface area contributed by atoms with Gasteiger partial charge in [0.05, 0.1) is 24.6 Å². The molecule has 174 valence electrons. The second-order valence-corrected chi connectivity index (χ2v) is 7.17. The van der Waals surface area contributed by atoms with Crippen molar-refractivity contribution in [2.24, 2.45) is 7.05 Å². The molecule has 0 saturated heterocycles. The number of hydrogen-bond acceptors (Lipinski definition) is 9. The van der Waals surface area contributed by atoms with E-state index in [-0.39, 0.29) is 34.8 Å². The van der Waals surface area contributed by atoms with Crippen molar-refractivity contribution in [2.75, 3.05) is 31.8 Å². The monoisotopic (exact) mass is 457 g/mol. The lowest BCUT2D eigenvalue weighted by atomic mass is 10.2. The van der Waals surface area contributed by atoms with Crippen LogP contribution in [-0.2, 0) is 7.05 Å². The van der Waals surface area contributed by atoms with Crippen LogP contribution in [0.3, 0.4) is 0 Å². The largest absolute Gasteiger partial charge is 0.492 e. The molecule has 3 N–H and O–H groups in total. The maximum absolute atomic E-state index is 12.7. The average molecular weight is 458 g/mol. The van der Waals surface area contributed by atoms with Gasteiger partial charge in [0.15, 0.2) is 23.1 Å². The smallest absolute Gasteiger partial charge is 0.323 e. The number of carbonyl (C=O) groups is 2. The van der Waals surface area contributed by atoms with E-state index in [0.29, 0.717) is 11.3 Å². The third kappa shape index (κ3) is 5.14. The van der Waals surface area contributed by atoms with E-state index in [0.717, 1.165) is 0 Å². The fraction of sp³-hybridized carbons (Fsp3) is 0.350. The number of amides is 3. The molecule has 0 bridgehead atoms. The van der Waals surface area contributed by atoms with E-state index in [1.165, 1.54) is 29.1 Å². The van der Waals surface area contributed by atoms with Crippen LogP contribution in [0.1, 0.15) is 28.4 Å². The lowest BCUT2D eigenvalue weighted by molar-refractivity contribution is 0.0958. The highest BCUT2D eigenvalue weighted by Gasteiger charge is 2.20. The summed E-state index contributed by atoms with van der Waals surface area (Å²) in [5.41, 5.74) is 0.759. The van der Waals surface area contributed by atoms with Gasteiger partial charge >= 0.3 is 6.03 Å². The predicted octanol–water partition coefficient (Wildman–Crippen LogP) is 1.65. The summed E-state index contributed by atoms with van der Waals surface area (Å²) < 4.78 is 27.6. The third-order valence-corrected chi connectivity index (χ3v) is 4.69. The highest BCUT2D eigenvalue weighted by molar-refractivity contribution is 5.99. The van der Waals surface area contributed by atoms with Crippen molar-refractivity contribution < 1.29 is 18.4 Å². The number of nitrogens with one attached hydrogen (secondary N) is 3. The topological polar surface area (TPSA) is 152 Å². The summed E-state index contributed by atoms with van der Waals surface area (Å²) >= 11 is 0. The first-order valence-electron chi connectivity index (χ1n) is 11.3. The van der Waals surface area contributed by atoms with E-state index in [1.807, 2.05) is 19.2 Å². The molecular weight excluding hydrogens is 428 g/mol. The number of anilines is 3. The Hall–Kier alpha value is -4.29. The molecule has 0 aliphatic carbocycles. The average Bonchev–Trinajstić information content (AvgIpc) is 3.23. The lowest BCUT2D eigenvalue weighted by Gasteiger charge is -2.21. The van der Waals surface area contributed by atoms with Crippen molar-refractivity contribution in [3.63, 3.8) is 0 Å². The van der Waals surface area contributed by atoms with Crippen molar-refractivity contribution in [3.05, 3.63) is 30.2 Å². The normalized spacial score (nSPS) is 12.4. The Balaban J connectivity index is 2.04. The first kappa shape index (κ1) is 19.4. The number of urea groups is 1. The second-order valence-electron chi connectivity index (χ2n) is 7.17. The van der Waals surface area contributed by atoms with Gasteiger partial charge in [0, 0.05) is 43.5 Å². The third-order valence-electron chi connectivity index (χ3n) is 4.69. The van der Waals surface area contributed by atoms with Gasteiger partial charge in [0.2, 0.25) is 0 Å². The zero-order chi connectivity index (χ0) is 26.6. The van der Waals surface area contributed by atoms with Crippen LogP contribution in [0.5, 0.6) is 5.75 Å². The van der Waals surface area contributed by atoms with E-state index in [2.05, 4.69) is 36.0 Å². The summed E-state index contributed by atoms with van der Waals surface area (Å²) in [5.74, 6) is -0.536. The Morgan fingerprint density at radius 1 is 1.30 bits per heavy atom. The van der Waals surface area contributed by atoms with Crippen LogP contribution >= 0.6 is 0 Å². The fourth-order valence-electron chi connectivity index (χ4n) is 2.75. The molecule has 0 fully saturated rings. The van der Waals surface area contributed by atoms with Crippen LogP contribution < -0.4 is 20.7 Å². The molecular formula is C20H26N10O3.